The molecule has 0 aliphatic carbocycles. The molecule has 0 unspecified atom stereocenters. The maximum Gasteiger partial charge on any atom is 0.250 e. The molecule has 0 bridgehead atoms. The zero-order valence-corrected chi connectivity index (χ0v) is 17.7. The summed E-state index contributed by atoms with van der Waals surface area (Å²) in [5, 5.41) is 9.11. The lowest BCUT2D eigenvalue weighted by Gasteiger charge is -2.21. The number of nitrogens with zero attached hydrogens (tertiary/aromatic N) is 2. The Labute approximate surface area is 172 Å². The van der Waals surface area contributed by atoms with Crippen LogP contribution in [0, 0.1) is 0 Å². The third kappa shape index (κ3) is 8.21. The van der Waals surface area contributed by atoms with E-state index in [0.717, 1.165) is 11.1 Å². The molecular formula is C22H31N5O2. The van der Waals surface area contributed by atoms with Gasteiger partial charge < -0.3 is 20.5 Å². The van der Waals surface area contributed by atoms with Crippen molar-refractivity contribution in [2.75, 3.05) is 13.1 Å². The predicted molar refractivity (Wildman–Crippen MR) is 117 cm³/mol. The Morgan fingerprint density at radius 2 is 1.72 bits per heavy atom. The summed E-state index contributed by atoms with van der Waals surface area (Å²) in [6.45, 7) is 9.71. The highest BCUT2D eigenvalue weighted by Gasteiger charge is 2.13. The van der Waals surface area contributed by atoms with Crippen LogP contribution in [0.2, 0.25) is 0 Å². The molecular weight excluding hydrogens is 366 g/mol. The summed E-state index contributed by atoms with van der Waals surface area (Å²) in [6, 6.07) is 13.2. The number of aromatic nitrogens is 1. The average Bonchev–Trinajstić information content (AvgIpc) is 2.65. The molecule has 1 amide bonds. The maximum atomic E-state index is 12.0. The minimum atomic E-state index is -0.263. The molecule has 0 saturated carbocycles. The summed E-state index contributed by atoms with van der Waals surface area (Å²) in [7, 11) is 0. The molecule has 0 aliphatic rings. The summed E-state index contributed by atoms with van der Waals surface area (Å²) in [5.41, 5.74) is 1.82. The Kier molecular flexibility index (Phi) is 8.00. The first kappa shape index (κ1) is 22.2. The monoisotopic (exact) mass is 397 g/mol. The quantitative estimate of drug-likeness (QED) is 0.492. The first-order valence-corrected chi connectivity index (χ1v) is 9.83. The first-order valence-electron chi connectivity index (χ1n) is 9.83. The number of carbonyl (C=O) groups is 1. The molecule has 1 aromatic carbocycles. The highest BCUT2D eigenvalue weighted by atomic mass is 16.2. The van der Waals surface area contributed by atoms with E-state index in [-0.39, 0.29) is 23.6 Å². The molecule has 0 fully saturated rings. The van der Waals surface area contributed by atoms with Gasteiger partial charge in [0.2, 0.25) is 5.91 Å². The van der Waals surface area contributed by atoms with Crippen LogP contribution in [-0.4, -0.2) is 35.1 Å². The van der Waals surface area contributed by atoms with Crippen LogP contribution in [0.4, 0.5) is 0 Å². The van der Waals surface area contributed by atoms with E-state index in [1.165, 1.54) is 0 Å². The van der Waals surface area contributed by atoms with Gasteiger partial charge in [-0.15, -0.1) is 0 Å². The van der Waals surface area contributed by atoms with Gasteiger partial charge in [0.05, 0.1) is 19.6 Å². The normalized spacial score (nSPS) is 11.8. The topological polar surface area (TPSA) is 87.5 Å². The van der Waals surface area contributed by atoms with Gasteiger partial charge in [-0.1, -0.05) is 30.3 Å². The smallest absolute Gasteiger partial charge is 0.250 e. The Morgan fingerprint density at radius 3 is 2.34 bits per heavy atom. The van der Waals surface area contributed by atoms with Crippen molar-refractivity contribution in [2.24, 2.45) is 4.99 Å². The number of aliphatic imine (C=N–C) groups is 1. The van der Waals surface area contributed by atoms with Crippen molar-refractivity contribution in [3.63, 3.8) is 0 Å². The predicted octanol–water partition coefficient (Wildman–Crippen LogP) is 1.87. The van der Waals surface area contributed by atoms with E-state index in [0.29, 0.717) is 25.6 Å². The van der Waals surface area contributed by atoms with Crippen LogP contribution < -0.4 is 21.5 Å². The van der Waals surface area contributed by atoms with Gasteiger partial charge in [-0.2, -0.15) is 0 Å². The fourth-order valence-corrected chi connectivity index (χ4v) is 2.68. The number of rotatable bonds is 7. The second-order valence-electron chi connectivity index (χ2n) is 7.83. The van der Waals surface area contributed by atoms with Gasteiger partial charge in [-0.05, 0) is 44.9 Å². The van der Waals surface area contributed by atoms with Crippen molar-refractivity contribution in [3.05, 3.63) is 70.1 Å². The lowest BCUT2D eigenvalue weighted by molar-refractivity contribution is -0.121. The summed E-state index contributed by atoms with van der Waals surface area (Å²) in [6.07, 6.45) is 1.78. The molecule has 0 atom stereocenters. The molecule has 7 nitrogen and oxygen atoms in total. The second kappa shape index (κ2) is 10.5. The Balaban J connectivity index is 1.94. The second-order valence-corrected chi connectivity index (χ2v) is 7.83. The van der Waals surface area contributed by atoms with Gasteiger partial charge in [0.15, 0.2) is 5.96 Å². The van der Waals surface area contributed by atoms with E-state index in [2.05, 4.69) is 20.9 Å². The number of amides is 1. The molecule has 0 spiro atoms. The molecule has 156 valence electrons. The van der Waals surface area contributed by atoms with Gasteiger partial charge >= 0.3 is 0 Å². The average molecular weight is 398 g/mol. The molecule has 2 rings (SSSR count). The highest BCUT2D eigenvalue weighted by molar-refractivity contribution is 5.86. The molecule has 3 N–H and O–H groups in total. The lowest BCUT2D eigenvalue weighted by Crippen LogP contribution is -2.48. The molecule has 0 saturated heterocycles. The largest absolute Gasteiger partial charge is 0.357 e. The van der Waals surface area contributed by atoms with Crippen molar-refractivity contribution in [2.45, 2.75) is 46.3 Å². The molecule has 1 aromatic heterocycles. The number of nitrogens with one attached hydrogen (secondary N) is 3. The van der Waals surface area contributed by atoms with Crippen LogP contribution in [0.25, 0.3) is 0 Å². The van der Waals surface area contributed by atoms with E-state index in [4.69, 9.17) is 0 Å². The van der Waals surface area contributed by atoms with Gasteiger partial charge in [0.1, 0.15) is 0 Å². The molecule has 0 radical (unpaired) electrons. The third-order valence-electron chi connectivity index (χ3n) is 3.97. The summed E-state index contributed by atoms with van der Waals surface area (Å²) in [4.78, 5) is 28.3. The van der Waals surface area contributed by atoms with Crippen LogP contribution in [-0.2, 0) is 17.9 Å². The highest BCUT2D eigenvalue weighted by Crippen LogP contribution is 2.07. The minimum Gasteiger partial charge on any atom is -0.357 e. The standard InChI is InChI=1S/C22H31N5O2/c1-5-23-21(25-15-19(28)26-22(2,3)4)24-14-17-9-11-18(12-10-17)16-27-13-7-6-8-20(27)29/h6-13H,5,14-16H2,1-4H3,(H,26,28)(H2,23,24,25). The summed E-state index contributed by atoms with van der Waals surface area (Å²) < 4.78 is 1.67. The Morgan fingerprint density at radius 1 is 1.03 bits per heavy atom. The molecule has 0 aliphatic heterocycles. The number of hydrogen-bond donors (Lipinski definition) is 3. The molecule has 1 heterocycles. The van der Waals surface area contributed by atoms with Crippen molar-refractivity contribution in [1.29, 1.82) is 0 Å². The van der Waals surface area contributed by atoms with E-state index in [1.807, 2.05) is 58.0 Å². The van der Waals surface area contributed by atoms with Crippen molar-refractivity contribution in [3.8, 4) is 0 Å². The van der Waals surface area contributed by atoms with Gasteiger partial charge in [0.25, 0.3) is 5.56 Å². The van der Waals surface area contributed by atoms with Gasteiger partial charge in [-0.25, -0.2) is 4.99 Å². The van der Waals surface area contributed by atoms with Crippen LogP contribution in [0.1, 0.15) is 38.8 Å². The number of guanidine groups is 1. The van der Waals surface area contributed by atoms with Crippen LogP contribution in [0.5, 0.6) is 0 Å². The first-order chi connectivity index (χ1) is 13.8. The number of benzene rings is 1. The van der Waals surface area contributed by atoms with E-state index in [9.17, 15) is 9.59 Å². The lowest BCUT2D eigenvalue weighted by atomic mass is 10.1. The Bertz CT molecular complexity index is 879. The van der Waals surface area contributed by atoms with Crippen LogP contribution in [0.3, 0.4) is 0 Å². The van der Waals surface area contributed by atoms with Crippen LogP contribution >= 0.6 is 0 Å². The fraction of sp³-hybridized carbons (Fsp3) is 0.409. The SMILES string of the molecule is CCNC(=NCc1ccc(Cn2ccccc2=O)cc1)NCC(=O)NC(C)(C)C. The van der Waals surface area contributed by atoms with E-state index in [1.54, 1.807) is 22.9 Å². The zero-order chi connectivity index (χ0) is 21.3. The number of carbonyl (C=O) groups excluding carboxylic acids is 1. The summed E-state index contributed by atoms with van der Waals surface area (Å²) >= 11 is 0. The minimum absolute atomic E-state index is 0.0157. The maximum absolute atomic E-state index is 12.0. The molecule has 29 heavy (non-hydrogen) atoms. The molecule has 7 heteroatoms. The Hall–Kier alpha value is -3.09. The van der Waals surface area contributed by atoms with Crippen molar-refractivity contribution in [1.82, 2.24) is 20.5 Å². The van der Waals surface area contributed by atoms with Crippen LogP contribution in [0.15, 0.2) is 58.4 Å². The van der Waals surface area contributed by atoms with Crippen molar-refractivity contribution >= 4 is 11.9 Å². The third-order valence-corrected chi connectivity index (χ3v) is 3.97. The van der Waals surface area contributed by atoms with E-state index < -0.39 is 0 Å². The molecule has 2 aromatic rings. The summed E-state index contributed by atoms with van der Waals surface area (Å²) in [5.74, 6) is 0.514. The van der Waals surface area contributed by atoms with Crippen molar-refractivity contribution < 1.29 is 4.79 Å². The number of pyridine rings is 1. The zero-order valence-electron chi connectivity index (χ0n) is 17.7. The van der Waals surface area contributed by atoms with E-state index >= 15 is 0 Å². The van der Waals surface area contributed by atoms with Gasteiger partial charge in [0, 0.05) is 24.3 Å². The van der Waals surface area contributed by atoms with Gasteiger partial charge in [-0.3, -0.25) is 9.59 Å². The fourth-order valence-electron chi connectivity index (χ4n) is 2.68. The number of hydrogen-bond acceptors (Lipinski definition) is 3.